The molecule has 1 aromatic heterocycles. The van der Waals surface area contributed by atoms with Crippen LogP contribution < -0.4 is 4.90 Å². The Morgan fingerprint density at radius 2 is 2.17 bits per heavy atom. The van der Waals surface area contributed by atoms with E-state index in [1.807, 2.05) is 45.0 Å². The number of benzene rings is 1. The van der Waals surface area contributed by atoms with Crippen LogP contribution in [0.15, 0.2) is 28.7 Å². The molecular weight excluding hydrogens is 306 g/mol. The molecular formula is C18H25N3O3. The van der Waals surface area contributed by atoms with Gasteiger partial charge in [-0.05, 0) is 45.2 Å². The molecule has 0 spiro atoms. The van der Waals surface area contributed by atoms with E-state index in [-0.39, 0.29) is 6.09 Å². The monoisotopic (exact) mass is 331 g/mol. The highest BCUT2D eigenvalue weighted by molar-refractivity contribution is 5.74. The first-order valence-electron chi connectivity index (χ1n) is 8.36. The van der Waals surface area contributed by atoms with Crippen molar-refractivity contribution in [2.45, 2.75) is 32.8 Å². The van der Waals surface area contributed by atoms with Crippen molar-refractivity contribution in [2.24, 2.45) is 5.92 Å². The third kappa shape index (κ3) is 3.80. The van der Waals surface area contributed by atoms with Crippen LogP contribution in [0.25, 0.3) is 11.1 Å². The highest BCUT2D eigenvalue weighted by atomic mass is 16.6. The van der Waals surface area contributed by atoms with Crippen LogP contribution in [0, 0.1) is 5.92 Å². The molecule has 0 saturated carbocycles. The maximum atomic E-state index is 12.1. The molecule has 1 atom stereocenters. The molecule has 3 rings (SSSR count). The number of hydrogen-bond acceptors (Lipinski definition) is 5. The first kappa shape index (κ1) is 16.6. The minimum atomic E-state index is -0.467. The van der Waals surface area contributed by atoms with Crippen LogP contribution in [0.4, 0.5) is 10.8 Å². The highest BCUT2D eigenvalue weighted by Crippen LogP contribution is 2.27. The summed E-state index contributed by atoms with van der Waals surface area (Å²) >= 11 is 0. The smallest absolute Gasteiger partial charge is 0.410 e. The van der Waals surface area contributed by atoms with Crippen molar-refractivity contribution in [1.29, 1.82) is 0 Å². The van der Waals surface area contributed by atoms with Gasteiger partial charge >= 0.3 is 6.09 Å². The van der Waals surface area contributed by atoms with Crippen LogP contribution in [0.3, 0.4) is 0 Å². The third-order valence-corrected chi connectivity index (χ3v) is 4.08. The fourth-order valence-corrected chi connectivity index (χ4v) is 2.95. The molecule has 1 amide bonds. The minimum Gasteiger partial charge on any atom is -0.444 e. The molecule has 1 aromatic carbocycles. The molecule has 130 valence electrons. The first-order chi connectivity index (χ1) is 11.3. The van der Waals surface area contributed by atoms with E-state index in [0.717, 1.165) is 30.6 Å². The molecule has 1 fully saturated rings. The molecule has 0 N–H and O–H groups in total. The van der Waals surface area contributed by atoms with Gasteiger partial charge in [0.1, 0.15) is 11.1 Å². The summed E-state index contributed by atoms with van der Waals surface area (Å²) in [4.78, 5) is 20.4. The molecule has 24 heavy (non-hydrogen) atoms. The quantitative estimate of drug-likeness (QED) is 0.861. The summed E-state index contributed by atoms with van der Waals surface area (Å²) in [5.74, 6) is 0.387. The van der Waals surface area contributed by atoms with Gasteiger partial charge in [0.25, 0.3) is 6.01 Å². The number of hydrogen-bond donors (Lipinski definition) is 0. The zero-order valence-corrected chi connectivity index (χ0v) is 14.8. The van der Waals surface area contributed by atoms with Gasteiger partial charge in [0.05, 0.1) is 0 Å². The number of amides is 1. The standard InChI is InChI=1S/C18H25N3O3/c1-18(2,3)24-17(22)20(4)11-13-9-10-21(12-13)16-19-14-7-5-6-8-15(14)23-16/h5-8,13H,9-12H2,1-4H3. The molecule has 1 aliphatic rings. The number of para-hydroxylation sites is 2. The van der Waals surface area contributed by atoms with Crippen molar-refractivity contribution in [2.75, 3.05) is 31.6 Å². The fraction of sp³-hybridized carbons (Fsp3) is 0.556. The zero-order valence-electron chi connectivity index (χ0n) is 14.8. The van der Waals surface area contributed by atoms with Gasteiger partial charge in [0.15, 0.2) is 5.58 Å². The second-order valence-electron chi connectivity index (χ2n) is 7.43. The third-order valence-electron chi connectivity index (χ3n) is 4.08. The minimum absolute atomic E-state index is 0.275. The second-order valence-corrected chi connectivity index (χ2v) is 7.43. The lowest BCUT2D eigenvalue weighted by Gasteiger charge is -2.26. The van der Waals surface area contributed by atoms with E-state index in [2.05, 4.69) is 9.88 Å². The largest absolute Gasteiger partial charge is 0.444 e. The predicted molar refractivity (Wildman–Crippen MR) is 93.2 cm³/mol. The average molecular weight is 331 g/mol. The maximum Gasteiger partial charge on any atom is 0.410 e. The van der Waals surface area contributed by atoms with E-state index < -0.39 is 5.60 Å². The Kier molecular flexibility index (Phi) is 4.39. The van der Waals surface area contributed by atoms with Crippen molar-refractivity contribution < 1.29 is 13.9 Å². The van der Waals surface area contributed by atoms with Gasteiger partial charge in [0.2, 0.25) is 0 Å². The molecule has 6 nitrogen and oxygen atoms in total. The lowest BCUT2D eigenvalue weighted by atomic mass is 10.1. The van der Waals surface area contributed by atoms with Crippen LogP contribution in [0.2, 0.25) is 0 Å². The van der Waals surface area contributed by atoms with Crippen LogP contribution in [0.5, 0.6) is 0 Å². The van der Waals surface area contributed by atoms with E-state index in [9.17, 15) is 4.79 Å². The van der Waals surface area contributed by atoms with Crippen LogP contribution in [0.1, 0.15) is 27.2 Å². The van der Waals surface area contributed by atoms with Crippen LogP contribution in [-0.4, -0.2) is 48.3 Å². The first-order valence-corrected chi connectivity index (χ1v) is 8.36. The van der Waals surface area contributed by atoms with E-state index in [0.29, 0.717) is 18.5 Å². The predicted octanol–water partition coefficient (Wildman–Crippen LogP) is 3.52. The number of ether oxygens (including phenoxy) is 1. The van der Waals surface area contributed by atoms with E-state index in [1.165, 1.54) is 0 Å². The van der Waals surface area contributed by atoms with Gasteiger partial charge in [-0.3, -0.25) is 0 Å². The van der Waals surface area contributed by atoms with Gasteiger partial charge in [0, 0.05) is 26.7 Å². The average Bonchev–Trinajstić information content (AvgIpc) is 3.11. The van der Waals surface area contributed by atoms with Crippen molar-refractivity contribution in [3.63, 3.8) is 0 Å². The Bertz CT molecular complexity index is 687. The van der Waals surface area contributed by atoms with Gasteiger partial charge in [-0.25, -0.2) is 4.79 Å². The summed E-state index contributed by atoms with van der Waals surface area (Å²) in [6.45, 7) is 8.03. The number of aromatic nitrogens is 1. The Hall–Kier alpha value is -2.24. The van der Waals surface area contributed by atoms with Crippen LogP contribution >= 0.6 is 0 Å². The SMILES string of the molecule is CN(CC1CCN(c2nc3ccccc3o2)C1)C(=O)OC(C)(C)C. The molecule has 1 aliphatic heterocycles. The van der Waals surface area contributed by atoms with Gasteiger partial charge in [-0.2, -0.15) is 4.98 Å². The Morgan fingerprint density at radius 3 is 2.88 bits per heavy atom. The van der Waals surface area contributed by atoms with E-state index in [4.69, 9.17) is 9.15 Å². The number of rotatable bonds is 3. The number of anilines is 1. The zero-order chi connectivity index (χ0) is 17.3. The number of oxazole rings is 1. The maximum absolute atomic E-state index is 12.1. The summed E-state index contributed by atoms with van der Waals surface area (Å²) in [7, 11) is 1.79. The lowest BCUT2D eigenvalue weighted by molar-refractivity contribution is 0.0277. The van der Waals surface area contributed by atoms with Crippen LogP contribution in [-0.2, 0) is 4.74 Å². The number of nitrogens with zero attached hydrogens (tertiary/aromatic N) is 3. The molecule has 1 unspecified atom stereocenters. The van der Waals surface area contributed by atoms with E-state index >= 15 is 0 Å². The molecule has 0 aliphatic carbocycles. The summed E-state index contributed by atoms with van der Waals surface area (Å²) in [5, 5.41) is 0. The summed E-state index contributed by atoms with van der Waals surface area (Å²) < 4.78 is 11.2. The van der Waals surface area contributed by atoms with Gasteiger partial charge in [-0.1, -0.05) is 12.1 Å². The Morgan fingerprint density at radius 1 is 1.42 bits per heavy atom. The molecule has 0 radical (unpaired) electrons. The van der Waals surface area contributed by atoms with Crippen molar-refractivity contribution >= 4 is 23.2 Å². The molecule has 0 bridgehead atoms. The lowest BCUT2D eigenvalue weighted by Crippen LogP contribution is -2.37. The molecule has 6 heteroatoms. The Balaban J connectivity index is 1.58. The van der Waals surface area contributed by atoms with Gasteiger partial charge < -0.3 is 19.0 Å². The summed E-state index contributed by atoms with van der Waals surface area (Å²) in [5.41, 5.74) is 1.22. The van der Waals surface area contributed by atoms with Crippen molar-refractivity contribution in [1.82, 2.24) is 9.88 Å². The number of fused-ring (bicyclic) bond motifs is 1. The topological polar surface area (TPSA) is 58.8 Å². The van der Waals surface area contributed by atoms with E-state index in [1.54, 1.807) is 11.9 Å². The second kappa shape index (κ2) is 6.34. The number of carbonyl (C=O) groups excluding carboxylic acids is 1. The molecule has 2 aromatic rings. The Labute approximate surface area is 142 Å². The number of carbonyl (C=O) groups is 1. The van der Waals surface area contributed by atoms with Crippen molar-refractivity contribution in [3.8, 4) is 0 Å². The van der Waals surface area contributed by atoms with Crippen molar-refractivity contribution in [3.05, 3.63) is 24.3 Å². The molecule has 1 saturated heterocycles. The fourth-order valence-electron chi connectivity index (χ4n) is 2.95. The van der Waals surface area contributed by atoms with Gasteiger partial charge in [-0.15, -0.1) is 0 Å². The highest BCUT2D eigenvalue weighted by Gasteiger charge is 2.29. The molecule has 2 heterocycles. The summed E-state index contributed by atoms with van der Waals surface area (Å²) in [6.07, 6.45) is 0.731. The summed E-state index contributed by atoms with van der Waals surface area (Å²) in [6, 6.07) is 8.44. The normalized spacial score (nSPS) is 18.2.